The van der Waals surface area contributed by atoms with Crippen molar-refractivity contribution in [3.63, 3.8) is 0 Å². The third kappa shape index (κ3) is 4.51. The molecule has 0 radical (unpaired) electrons. The maximum atomic E-state index is 13.5. The third-order valence-electron chi connectivity index (χ3n) is 4.33. The summed E-state index contributed by atoms with van der Waals surface area (Å²) in [6.07, 6.45) is 1.24. The molecule has 1 amide bonds. The van der Waals surface area contributed by atoms with Crippen LogP contribution in [-0.2, 0) is 4.79 Å². The minimum Gasteiger partial charge on any atom is -0.355 e. The molecule has 138 valence electrons. The Hall–Kier alpha value is -1.72. The van der Waals surface area contributed by atoms with E-state index >= 15 is 0 Å². The zero-order chi connectivity index (χ0) is 18.7. The number of nitrogens with zero attached hydrogens (tertiary/aromatic N) is 3. The van der Waals surface area contributed by atoms with Crippen LogP contribution in [0.4, 0.5) is 8.78 Å². The van der Waals surface area contributed by atoms with Crippen molar-refractivity contribution in [2.75, 3.05) is 18.8 Å². The molecule has 26 heavy (non-hydrogen) atoms. The standard InChI is InChI=1S/C18H19F2N3OS2/c1-13-2-4-15(5-3-13)26-11-17-22(6-7-25-17)10-16(24)23-12-18(19,20)8-14(23)9-21/h2-7,14,17H,8,10-12H2,1H3/t14?,17-/m0/s1. The fourth-order valence-corrected chi connectivity index (χ4v) is 4.99. The van der Waals surface area contributed by atoms with Gasteiger partial charge >= 0.3 is 0 Å². The number of benzene rings is 1. The van der Waals surface area contributed by atoms with Crippen molar-refractivity contribution in [3.05, 3.63) is 41.4 Å². The second kappa shape index (κ2) is 7.89. The molecule has 1 fully saturated rings. The lowest BCUT2D eigenvalue weighted by Gasteiger charge is -2.27. The van der Waals surface area contributed by atoms with Crippen LogP contribution in [-0.4, -0.2) is 51.9 Å². The minimum absolute atomic E-state index is 0.0108. The smallest absolute Gasteiger partial charge is 0.268 e. The van der Waals surface area contributed by atoms with E-state index in [1.165, 1.54) is 5.56 Å². The molecule has 1 aromatic carbocycles. The van der Waals surface area contributed by atoms with Crippen LogP contribution in [0, 0.1) is 18.3 Å². The summed E-state index contributed by atoms with van der Waals surface area (Å²) < 4.78 is 27.1. The van der Waals surface area contributed by atoms with E-state index in [1.807, 2.05) is 29.5 Å². The number of halogens is 2. The van der Waals surface area contributed by atoms with Gasteiger partial charge in [-0.3, -0.25) is 4.79 Å². The number of hydrogen-bond acceptors (Lipinski definition) is 5. The molecule has 2 atom stereocenters. The number of carbonyl (C=O) groups is 1. The van der Waals surface area contributed by atoms with E-state index < -0.39 is 30.8 Å². The van der Waals surface area contributed by atoms with E-state index in [0.717, 1.165) is 15.5 Å². The van der Waals surface area contributed by atoms with Crippen molar-refractivity contribution < 1.29 is 13.6 Å². The molecule has 0 spiro atoms. The van der Waals surface area contributed by atoms with Crippen LogP contribution < -0.4 is 0 Å². The molecule has 0 aliphatic carbocycles. The molecule has 8 heteroatoms. The number of thioether (sulfide) groups is 2. The van der Waals surface area contributed by atoms with Crippen molar-refractivity contribution in [1.29, 1.82) is 5.26 Å². The predicted octanol–water partition coefficient (Wildman–Crippen LogP) is 3.69. The average molecular weight is 396 g/mol. The number of nitriles is 1. The SMILES string of the molecule is Cc1ccc(SC[C@@H]2SC=CN2CC(=O)N2CC(F)(F)CC2C#N)cc1. The predicted molar refractivity (Wildman–Crippen MR) is 99.8 cm³/mol. The molecule has 1 saturated heterocycles. The van der Waals surface area contributed by atoms with Gasteiger partial charge in [-0.1, -0.05) is 17.7 Å². The van der Waals surface area contributed by atoms with Gasteiger partial charge in [-0.2, -0.15) is 5.26 Å². The van der Waals surface area contributed by atoms with Gasteiger partial charge in [-0.25, -0.2) is 8.78 Å². The topological polar surface area (TPSA) is 47.3 Å². The van der Waals surface area contributed by atoms with Gasteiger partial charge in [0.2, 0.25) is 5.91 Å². The maximum Gasteiger partial charge on any atom is 0.268 e. The van der Waals surface area contributed by atoms with Gasteiger partial charge in [0.1, 0.15) is 6.04 Å². The maximum absolute atomic E-state index is 13.5. The van der Waals surface area contributed by atoms with E-state index in [0.29, 0.717) is 0 Å². The molecule has 0 aromatic heterocycles. The van der Waals surface area contributed by atoms with Gasteiger partial charge in [0, 0.05) is 23.3 Å². The number of rotatable bonds is 5. The summed E-state index contributed by atoms with van der Waals surface area (Å²) in [7, 11) is 0. The Kier molecular flexibility index (Phi) is 5.78. The highest BCUT2D eigenvalue weighted by atomic mass is 32.2. The van der Waals surface area contributed by atoms with Crippen LogP contribution in [0.5, 0.6) is 0 Å². The van der Waals surface area contributed by atoms with Gasteiger partial charge in [0.05, 0.1) is 24.5 Å². The number of alkyl halides is 2. The molecule has 2 heterocycles. The molecule has 1 aromatic rings. The summed E-state index contributed by atoms with van der Waals surface area (Å²) in [4.78, 5) is 16.5. The van der Waals surface area contributed by atoms with Crippen molar-refractivity contribution in [3.8, 4) is 6.07 Å². The summed E-state index contributed by atoms with van der Waals surface area (Å²) in [5.74, 6) is -2.63. The second-order valence-electron chi connectivity index (χ2n) is 6.40. The summed E-state index contributed by atoms with van der Waals surface area (Å²) in [6, 6.07) is 9.01. The highest BCUT2D eigenvalue weighted by molar-refractivity contribution is 8.05. The van der Waals surface area contributed by atoms with Gasteiger partial charge in [-0.05, 0) is 24.5 Å². The Morgan fingerprint density at radius 3 is 2.85 bits per heavy atom. The van der Waals surface area contributed by atoms with E-state index in [2.05, 4.69) is 24.3 Å². The number of likely N-dealkylation sites (tertiary alicyclic amines) is 1. The van der Waals surface area contributed by atoms with Crippen molar-refractivity contribution in [2.24, 2.45) is 0 Å². The molecule has 0 saturated carbocycles. The lowest BCUT2D eigenvalue weighted by Crippen LogP contribution is -2.43. The number of aryl methyl sites for hydroxylation is 1. The van der Waals surface area contributed by atoms with Crippen LogP contribution in [0.1, 0.15) is 12.0 Å². The summed E-state index contributed by atoms with van der Waals surface area (Å²) >= 11 is 3.30. The quantitative estimate of drug-likeness (QED) is 0.712. The molecular formula is C18H19F2N3OS2. The molecule has 2 aliphatic rings. The highest BCUT2D eigenvalue weighted by Crippen LogP contribution is 2.34. The molecule has 4 nitrogen and oxygen atoms in total. The third-order valence-corrected chi connectivity index (χ3v) is 6.66. The van der Waals surface area contributed by atoms with Crippen LogP contribution >= 0.6 is 23.5 Å². The fraction of sp³-hybridized carbons (Fsp3) is 0.444. The first kappa shape index (κ1) is 19.1. The zero-order valence-corrected chi connectivity index (χ0v) is 15.9. The van der Waals surface area contributed by atoms with E-state index in [1.54, 1.807) is 23.5 Å². The first-order chi connectivity index (χ1) is 12.4. The lowest BCUT2D eigenvalue weighted by atomic mass is 10.2. The lowest BCUT2D eigenvalue weighted by molar-refractivity contribution is -0.133. The Bertz CT molecular complexity index is 733. The molecule has 0 N–H and O–H groups in total. The fourth-order valence-electron chi connectivity index (χ4n) is 2.91. The number of amides is 1. The summed E-state index contributed by atoms with van der Waals surface area (Å²) in [5.41, 5.74) is 1.20. The van der Waals surface area contributed by atoms with Crippen LogP contribution in [0.3, 0.4) is 0 Å². The van der Waals surface area contributed by atoms with Gasteiger partial charge in [-0.15, -0.1) is 23.5 Å². The molecule has 0 bridgehead atoms. The summed E-state index contributed by atoms with van der Waals surface area (Å²) in [5, 5.41) is 11.0. The number of carbonyl (C=O) groups excluding carboxylic acids is 1. The van der Waals surface area contributed by atoms with E-state index in [9.17, 15) is 13.6 Å². The van der Waals surface area contributed by atoms with Crippen LogP contribution in [0.15, 0.2) is 40.8 Å². The summed E-state index contributed by atoms with van der Waals surface area (Å²) in [6.45, 7) is 1.38. The normalized spacial score (nSPS) is 24.1. The monoisotopic (exact) mass is 395 g/mol. The first-order valence-electron chi connectivity index (χ1n) is 8.22. The first-order valence-corrected chi connectivity index (χ1v) is 10.1. The van der Waals surface area contributed by atoms with Crippen LogP contribution in [0.25, 0.3) is 0 Å². The van der Waals surface area contributed by atoms with Crippen LogP contribution in [0.2, 0.25) is 0 Å². The van der Waals surface area contributed by atoms with Crippen molar-refractivity contribution in [2.45, 2.75) is 35.6 Å². The molecular weight excluding hydrogens is 376 g/mol. The Morgan fingerprint density at radius 1 is 1.42 bits per heavy atom. The van der Waals surface area contributed by atoms with E-state index in [-0.39, 0.29) is 11.9 Å². The molecule has 1 unspecified atom stereocenters. The Balaban J connectivity index is 1.56. The van der Waals surface area contributed by atoms with E-state index in [4.69, 9.17) is 5.26 Å². The zero-order valence-electron chi connectivity index (χ0n) is 14.3. The van der Waals surface area contributed by atoms with Gasteiger partial charge < -0.3 is 9.80 Å². The molecule has 2 aliphatic heterocycles. The Labute approximate surface area is 160 Å². The largest absolute Gasteiger partial charge is 0.355 e. The van der Waals surface area contributed by atoms with Gasteiger partial charge in [0.15, 0.2) is 0 Å². The highest BCUT2D eigenvalue weighted by Gasteiger charge is 2.47. The number of hydrogen-bond donors (Lipinski definition) is 0. The Morgan fingerprint density at radius 2 is 2.15 bits per heavy atom. The van der Waals surface area contributed by atoms with Gasteiger partial charge in [0.25, 0.3) is 5.92 Å². The van der Waals surface area contributed by atoms with Crippen molar-refractivity contribution >= 4 is 29.4 Å². The second-order valence-corrected chi connectivity index (χ2v) is 8.58. The average Bonchev–Trinajstić information content (AvgIpc) is 3.17. The molecule has 3 rings (SSSR count). The minimum atomic E-state index is -2.98. The van der Waals surface area contributed by atoms with Crippen molar-refractivity contribution in [1.82, 2.24) is 9.80 Å².